The number of aromatic hydroxyl groups is 1. The van der Waals surface area contributed by atoms with Crippen molar-refractivity contribution in [2.24, 2.45) is 0 Å². The summed E-state index contributed by atoms with van der Waals surface area (Å²) in [5, 5.41) is 12.2. The highest BCUT2D eigenvalue weighted by Gasteiger charge is 2.24. The van der Waals surface area contributed by atoms with Crippen molar-refractivity contribution in [2.45, 2.75) is 51.7 Å². The summed E-state index contributed by atoms with van der Waals surface area (Å²) in [6, 6.07) is 6.40. The molecule has 2 N–H and O–H groups in total. The zero-order valence-electron chi connectivity index (χ0n) is 12.0. The first-order valence-corrected chi connectivity index (χ1v) is 6.99. The molecule has 1 heterocycles. The fourth-order valence-electron chi connectivity index (χ4n) is 2.74. The molecule has 0 saturated carbocycles. The van der Waals surface area contributed by atoms with Gasteiger partial charge in [-0.2, -0.15) is 0 Å². The lowest BCUT2D eigenvalue weighted by Gasteiger charge is -2.39. The average molecular weight is 264 g/mol. The first-order valence-electron chi connectivity index (χ1n) is 6.99. The van der Waals surface area contributed by atoms with Crippen LogP contribution in [0.4, 0.5) is 0 Å². The van der Waals surface area contributed by atoms with Crippen molar-refractivity contribution in [1.82, 2.24) is 10.4 Å². The largest absolute Gasteiger partial charge is 0.508 e. The van der Waals surface area contributed by atoms with Gasteiger partial charge in [-0.1, -0.05) is 6.42 Å². The first kappa shape index (κ1) is 14.2. The highest BCUT2D eigenvalue weighted by molar-refractivity contribution is 5.39. The fraction of sp³-hybridized carbons (Fsp3) is 0.600. The molecule has 0 amide bonds. The SMILES string of the molecule is COc1ccc(O)c(CNN2C(C)CCCC2C)c1. The van der Waals surface area contributed by atoms with Crippen LogP contribution in [0.2, 0.25) is 0 Å². The molecule has 4 nitrogen and oxygen atoms in total. The summed E-state index contributed by atoms with van der Waals surface area (Å²) in [6.45, 7) is 5.11. The van der Waals surface area contributed by atoms with Crippen molar-refractivity contribution in [2.75, 3.05) is 7.11 Å². The molecule has 4 heteroatoms. The van der Waals surface area contributed by atoms with E-state index in [-0.39, 0.29) is 0 Å². The minimum absolute atomic E-state index is 0.311. The summed E-state index contributed by atoms with van der Waals surface area (Å²) in [4.78, 5) is 0. The second kappa shape index (κ2) is 6.26. The first-order chi connectivity index (χ1) is 9.11. The Balaban J connectivity index is 2.01. The van der Waals surface area contributed by atoms with Gasteiger partial charge in [-0.3, -0.25) is 5.43 Å². The molecule has 106 valence electrons. The molecule has 1 aliphatic heterocycles. The number of benzene rings is 1. The van der Waals surface area contributed by atoms with Crippen molar-refractivity contribution < 1.29 is 9.84 Å². The quantitative estimate of drug-likeness (QED) is 0.877. The number of rotatable bonds is 4. The van der Waals surface area contributed by atoms with Crippen LogP contribution in [0, 0.1) is 0 Å². The van der Waals surface area contributed by atoms with Crippen LogP contribution in [0.5, 0.6) is 11.5 Å². The number of nitrogens with one attached hydrogen (secondary N) is 1. The van der Waals surface area contributed by atoms with Crippen LogP contribution >= 0.6 is 0 Å². The molecule has 2 rings (SSSR count). The summed E-state index contributed by atoms with van der Waals surface area (Å²) in [6.07, 6.45) is 3.74. The maximum Gasteiger partial charge on any atom is 0.120 e. The van der Waals surface area contributed by atoms with Crippen LogP contribution in [0.15, 0.2) is 18.2 Å². The Bertz CT molecular complexity index is 413. The summed E-state index contributed by atoms with van der Waals surface area (Å²) >= 11 is 0. The Morgan fingerprint density at radius 3 is 2.63 bits per heavy atom. The number of hydrogen-bond donors (Lipinski definition) is 2. The van der Waals surface area contributed by atoms with Gasteiger partial charge in [0.15, 0.2) is 0 Å². The maximum absolute atomic E-state index is 9.88. The van der Waals surface area contributed by atoms with E-state index in [1.54, 1.807) is 19.2 Å². The molecule has 1 aromatic carbocycles. The van der Waals surface area contributed by atoms with E-state index in [1.165, 1.54) is 19.3 Å². The standard InChI is InChI=1S/C15H24N2O2/c1-11-5-4-6-12(2)17(11)16-10-13-9-14(19-3)7-8-15(13)18/h7-9,11-12,16,18H,4-6,10H2,1-3H3. The number of ether oxygens (including phenoxy) is 1. The van der Waals surface area contributed by atoms with E-state index in [0.717, 1.165) is 11.3 Å². The van der Waals surface area contributed by atoms with E-state index in [4.69, 9.17) is 4.74 Å². The molecule has 0 radical (unpaired) electrons. The van der Waals surface area contributed by atoms with Crippen molar-refractivity contribution in [3.8, 4) is 11.5 Å². The fourth-order valence-corrected chi connectivity index (χ4v) is 2.74. The predicted octanol–water partition coefficient (Wildman–Crippen LogP) is 2.67. The highest BCUT2D eigenvalue weighted by atomic mass is 16.5. The minimum Gasteiger partial charge on any atom is -0.508 e. The molecular weight excluding hydrogens is 240 g/mol. The number of hydrazine groups is 1. The number of phenolic OH excluding ortho intramolecular Hbond substituents is 1. The van der Waals surface area contributed by atoms with E-state index in [9.17, 15) is 5.11 Å². The summed E-state index contributed by atoms with van der Waals surface area (Å²) < 4.78 is 5.19. The number of nitrogens with zero attached hydrogens (tertiary/aromatic N) is 1. The Labute approximate surface area is 115 Å². The zero-order valence-corrected chi connectivity index (χ0v) is 12.0. The van der Waals surface area contributed by atoms with Crippen LogP contribution in [-0.4, -0.2) is 29.3 Å². The van der Waals surface area contributed by atoms with Crippen LogP contribution in [0.1, 0.15) is 38.7 Å². The second-order valence-electron chi connectivity index (χ2n) is 5.37. The Kier molecular flexibility index (Phi) is 4.66. The molecule has 2 unspecified atom stereocenters. The molecule has 0 spiro atoms. The monoisotopic (exact) mass is 264 g/mol. The second-order valence-corrected chi connectivity index (χ2v) is 5.37. The van der Waals surface area contributed by atoms with E-state index >= 15 is 0 Å². The van der Waals surface area contributed by atoms with E-state index in [0.29, 0.717) is 24.4 Å². The van der Waals surface area contributed by atoms with Crippen LogP contribution in [-0.2, 0) is 6.54 Å². The van der Waals surface area contributed by atoms with Crippen LogP contribution in [0.3, 0.4) is 0 Å². The van der Waals surface area contributed by atoms with Gasteiger partial charge in [-0.05, 0) is 44.9 Å². The third-order valence-electron chi connectivity index (χ3n) is 3.93. The topological polar surface area (TPSA) is 44.7 Å². The van der Waals surface area contributed by atoms with Gasteiger partial charge in [0.2, 0.25) is 0 Å². The van der Waals surface area contributed by atoms with Crippen LogP contribution < -0.4 is 10.2 Å². The molecule has 19 heavy (non-hydrogen) atoms. The number of methoxy groups -OCH3 is 1. The Morgan fingerprint density at radius 1 is 1.32 bits per heavy atom. The van der Waals surface area contributed by atoms with Gasteiger partial charge in [0, 0.05) is 24.2 Å². The maximum atomic E-state index is 9.88. The molecule has 0 aliphatic carbocycles. The number of phenols is 1. The van der Waals surface area contributed by atoms with Gasteiger partial charge in [0.25, 0.3) is 0 Å². The molecule has 1 aliphatic rings. The van der Waals surface area contributed by atoms with Gasteiger partial charge in [-0.15, -0.1) is 0 Å². The lowest BCUT2D eigenvalue weighted by molar-refractivity contribution is 0.0433. The normalized spacial score (nSPS) is 24.4. The minimum atomic E-state index is 0.311. The summed E-state index contributed by atoms with van der Waals surface area (Å²) in [5.74, 6) is 1.08. The predicted molar refractivity (Wildman–Crippen MR) is 76.1 cm³/mol. The van der Waals surface area contributed by atoms with E-state index < -0.39 is 0 Å². The summed E-state index contributed by atoms with van der Waals surface area (Å²) in [5.41, 5.74) is 4.31. The molecule has 0 bridgehead atoms. The Morgan fingerprint density at radius 2 is 2.00 bits per heavy atom. The lowest BCUT2D eigenvalue weighted by atomic mass is 10.00. The molecule has 1 saturated heterocycles. The lowest BCUT2D eigenvalue weighted by Crippen LogP contribution is -2.51. The smallest absolute Gasteiger partial charge is 0.120 e. The highest BCUT2D eigenvalue weighted by Crippen LogP contribution is 2.24. The van der Waals surface area contributed by atoms with Crippen molar-refractivity contribution in [3.63, 3.8) is 0 Å². The third kappa shape index (κ3) is 3.39. The van der Waals surface area contributed by atoms with Crippen molar-refractivity contribution in [1.29, 1.82) is 0 Å². The molecule has 2 atom stereocenters. The van der Waals surface area contributed by atoms with Crippen molar-refractivity contribution in [3.05, 3.63) is 23.8 Å². The van der Waals surface area contributed by atoms with Gasteiger partial charge in [-0.25, -0.2) is 5.01 Å². The summed E-state index contributed by atoms with van der Waals surface area (Å²) in [7, 11) is 1.64. The Hall–Kier alpha value is -1.26. The van der Waals surface area contributed by atoms with Gasteiger partial charge < -0.3 is 9.84 Å². The molecular formula is C15H24N2O2. The van der Waals surface area contributed by atoms with Gasteiger partial charge in [0.05, 0.1) is 7.11 Å². The number of piperidine rings is 1. The van der Waals surface area contributed by atoms with Crippen LogP contribution in [0.25, 0.3) is 0 Å². The van der Waals surface area contributed by atoms with Gasteiger partial charge in [0.1, 0.15) is 11.5 Å². The zero-order chi connectivity index (χ0) is 13.8. The molecule has 1 fully saturated rings. The van der Waals surface area contributed by atoms with Gasteiger partial charge >= 0.3 is 0 Å². The van der Waals surface area contributed by atoms with E-state index in [2.05, 4.69) is 24.3 Å². The van der Waals surface area contributed by atoms with Crippen molar-refractivity contribution >= 4 is 0 Å². The molecule has 0 aromatic heterocycles. The average Bonchev–Trinajstić information content (AvgIpc) is 2.40. The number of hydrogen-bond acceptors (Lipinski definition) is 4. The van der Waals surface area contributed by atoms with E-state index in [1.807, 2.05) is 6.07 Å². The third-order valence-corrected chi connectivity index (χ3v) is 3.93. The molecule has 1 aromatic rings.